The van der Waals surface area contributed by atoms with Gasteiger partial charge in [-0.3, -0.25) is 0 Å². The molecule has 0 radical (unpaired) electrons. The Morgan fingerprint density at radius 1 is 1.22 bits per heavy atom. The number of hydrogen-bond acceptors (Lipinski definition) is 3. The van der Waals surface area contributed by atoms with Gasteiger partial charge in [-0.15, -0.1) is 0 Å². The standard InChI is InChI=1S/C12H17ClN2O2S/c1-4-14-12(18)15-7-8-5-10(16-2)11(17-3)6-9(8)13/h5-6H,4,7H2,1-3H3,(H2,14,15,18). The highest BCUT2D eigenvalue weighted by Gasteiger charge is 2.09. The molecule has 1 rings (SSSR count). The molecule has 6 heteroatoms. The van der Waals surface area contributed by atoms with Gasteiger partial charge < -0.3 is 20.1 Å². The van der Waals surface area contributed by atoms with Crippen molar-refractivity contribution in [1.82, 2.24) is 10.6 Å². The maximum absolute atomic E-state index is 6.16. The molecule has 0 heterocycles. The summed E-state index contributed by atoms with van der Waals surface area (Å²) in [5, 5.41) is 7.29. The largest absolute Gasteiger partial charge is 0.493 e. The molecule has 0 atom stereocenters. The Morgan fingerprint density at radius 2 is 1.83 bits per heavy atom. The molecule has 1 aromatic carbocycles. The van der Waals surface area contributed by atoms with E-state index in [0.717, 1.165) is 12.1 Å². The Hall–Kier alpha value is -1.20. The lowest BCUT2D eigenvalue weighted by atomic mass is 10.2. The number of halogens is 1. The van der Waals surface area contributed by atoms with E-state index in [9.17, 15) is 0 Å². The molecule has 0 aliphatic heterocycles. The third kappa shape index (κ3) is 3.92. The SMILES string of the molecule is CCNC(=S)NCc1cc(OC)c(OC)cc1Cl. The van der Waals surface area contributed by atoms with Gasteiger partial charge in [-0.25, -0.2) is 0 Å². The summed E-state index contributed by atoms with van der Waals surface area (Å²) in [5.41, 5.74) is 0.898. The van der Waals surface area contributed by atoms with E-state index in [4.69, 9.17) is 33.3 Å². The number of ether oxygens (including phenoxy) is 2. The predicted molar refractivity (Wildman–Crippen MR) is 77.7 cm³/mol. The second-order valence-electron chi connectivity index (χ2n) is 3.51. The fourth-order valence-electron chi connectivity index (χ4n) is 1.43. The van der Waals surface area contributed by atoms with Crippen molar-refractivity contribution in [1.29, 1.82) is 0 Å². The van der Waals surface area contributed by atoms with E-state index < -0.39 is 0 Å². The van der Waals surface area contributed by atoms with Crippen molar-refractivity contribution in [2.75, 3.05) is 20.8 Å². The average molecular weight is 289 g/mol. The number of methoxy groups -OCH3 is 2. The van der Waals surface area contributed by atoms with Gasteiger partial charge in [0.1, 0.15) is 0 Å². The van der Waals surface area contributed by atoms with Crippen molar-refractivity contribution in [2.45, 2.75) is 13.5 Å². The molecule has 4 nitrogen and oxygen atoms in total. The van der Waals surface area contributed by atoms with Crippen molar-refractivity contribution in [3.8, 4) is 11.5 Å². The summed E-state index contributed by atoms with van der Waals surface area (Å²) in [6.45, 7) is 3.30. The average Bonchev–Trinajstić information content (AvgIpc) is 2.37. The minimum Gasteiger partial charge on any atom is -0.493 e. The molecule has 0 bridgehead atoms. The first-order valence-corrected chi connectivity index (χ1v) is 6.33. The maximum atomic E-state index is 6.16. The summed E-state index contributed by atoms with van der Waals surface area (Å²) in [6, 6.07) is 3.57. The van der Waals surface area contributed by atoms with Crippen LogP contribution in [0.5, 0.6) is 11.5 Å². The van der Waals surface area contributed by atoms with Crippen molar-refractivity contribution in [3.63, 3.8) is 0 Å². The molecule has 0 fully saturated rings. The molecule has 2 N–H and O–H groups in total. The van der Waals surface area contributed by atoms with E-state index in [1.165, 1.54) is 0 Å². The first kappa shape index (κ1) is 14.9. The molecule has 18 heavy (non-hydrogen) atoms. The summed E-state index contributed by atoms with van der Waals surface area (Å²) in [5.74, 6) is 1.26. The normalized spacial score (nSPS) is 9.78. The third-order valence-corrected chi connectivity index (χ3v) is 2.97. The first-order chi connectivity index (χ1) is 8.62. The van der Waals surface area contributed by atoms with Gasteiger partial charge in [0, 0.05) is 24.2 Å². The van der Waals surface area contributed by atoms with E-state index in [0.29, 0.717) is 28.2 Å². The fraction of sp³-hybridized carbons (Fsp3) is 0.417. The predicted octanol–water partition coefficient (Wildman–Crippen LogP) is 2.34. The summed E-state index contributed by atoms with van der Waals surface area (Å²) < 4.78 is 10.4. The zero-order valence-corrected chi connectivity index (χ0v) is 12.2. The summed E-state index contributed by atoms with van der Waals surface area (Å²) in [4.78, 5) is 0. The molecule has 0 aromatic heterocycles. The highest BCUT2D eigenvalue weighted by molar-refractivity contribution is 7.80. The smallest absolute Gasteiger partial charge is 0.166 e. The van der Waals surface area contributed by atoms with Gasteiger partial charge >= 0.3 is 0 Å². The van der Waals surface area contributed by atoms with E-state index in [1.54, 1.807) is 20.3 Å². The molecule has 1 aromatic rings. The number of thiocarbonyl (C=S) groups is 1. The molecule has 0 amide bonds. The zero-order chi connectivity index (χ0) is 13.5. The Balaban J connectivity index is 2.79. The summed E-state index contributed by atoms with van der Waals surface area (Å²) in [7, 11) is 3.17. The monoisotopic (exact) mass is 288 g/mol. The summed E-state index contributed by atoms with van der Waals surface area (Å²) >= 11 is 11.2. The maximum Gasteiger partial charge on any atom is 0.166 e. The van der Waals surface area contributed by atoms with Gasteiger partial charge in [-0.2, -0.15) is 0 Å². The van der Waals surface area contributed by atoms with Crippen LogP contribution in [0.25, 0.3) is 0 Å². The van der Waals surface area contributed by atoms with Gasteiger partial charge in [0.15, 0.2) is 16.6 Å². The second-order valence-corrected chi connectivity index (χ2v) is 4.33. The molecule has 0 unspecified atom stereocenters. The van der Waals surface area contributed by atoms with E-state index in [1.807, 2.05) is 13.0 Å². The quantitative estimate of drug-likeness (QED) is 0.814. The van der Waals surface area contributed by atoms with Crippen molar-refractivity contribution < 1.29 is 9.47 Å². The van der Waals surface area contributed by atoms with E-state index >= 15 is 0 Å². The minimum absolute atomic E-state index is 0.533. The van der Waals surface area contributed by atoms with Crippen LogP contribution in [0.15, 0.2) is 12.1 Å². The number of rotatable bonds is 5. The highest BCUT2D eigenvalue weighted by atomic mass is 35.5. The van der Waals surface area contributed by atoms with Gasteiger partial charge in [0.2, 0.25) is 0 Å². The number of hydrogen-bond donors (Lipinski definition) is 2. The third-order valence-electron chi connectivity index (χ3n) is 2.33. The van der Waals surface area contributed by atoms with Crippen molar-refractivity contribution in [2.24, 2.45) is 0 Å². The molecule has 0 saturated carbocycles. The number of benzene rings is 1. The van der Waals surface area contributed by atoms with Crippen LogP contribution < -0.4 is 20.1 Å². The van der Waals surface area contributed by atoms with Crippen LogP contribution in [0, 0.1) is 0 Å². The molecular formula is C12H17ClN2O2S. The van der Waals surface area contributed by atoms with Crippen LogP contribution in [-0.2, 0) is 6.54 Å². The van der Waals surface area contributed by atoms with Crippen LogP contribution in [0.2, 0.25) is 5.02 Å². The van der Waals surface area contributed by atoms with Gasteiger partial charge in [0.25, 0.3) is 0 Å². The number of nitrogens with one attached hydrogen (secondary N) is 2. The lowest BCUT2D eigenvalue weighted by molar-refractivity contribution is 0.354. The Kier molecular flexibility index (Phi) is 6.01. The van der Waals surface area contributed by atoms with Crippen LogP contribution in [0.1, 0.15) is 12.5 Å². The fourth-order valence-corrected chi connectivity index (χ4v) is 1.87. The molecule has 0 aliphatic rings. The van der Waals surface area contributed by atoms with Crippen LogP contribution in [-0.4, -0.2) is 25.9 Å². The lowest BCUT2D eigenvalue weighted by Gasteiger charge is -2.13. The topological polar surface area (TPSA) is 42.5 Å². The minimum atomic E-state index is 0.533. The van der Waals surface area contributed by atoms with Gasteiger partial charge in [-0.1, -0.05) is 11.6 Å². The second kappa shape index (κ2) is 7.28. The summed E-state index contributed by atoms with van der Waals surface area (Å²) in [6.07, 6.45) is 0. The molecule has 100 valence electrons. The molecule has 0 spiro atoms. The van der Waals surface area contributed by atoms with Crippen LogP contribution >= 0.6 is 23.8 Å². The van der Waals surface area contributed by atoms with Crippen LogP contribution in [0.3, 0.4) is 0 Å². The molecular weight excluding hydrogens is 272 g/mol. The molecule has 0 saturated heterocycles. The Labute approximate surface area is 118 Å². The van der Waals surface area contributed by atoms with Crippen LogP contribution in [0.4, 0.5) is 0 Å². The van der Waals surface area contributed by atoms with Gasteiger partial charge in [-0.05, 0) is 30.8 Å². The van der Waals surface area contributed by atoms with E-state index in [-0.39, 0.29) is 0 Å². The Bertz CT molecular complexity index is 427. The lowest BCUT2D eigenvalue weighted by Crippen LogP contribution is -2.34. The van der Waals surface area contributed by atoms with Crippen molar-refractivity contribution in [3.05, 3.63) is 22.7 Å². The van der Waals surface area contributed by atoms with Crippen molar-refractivity contribution >= 4 is 28.9 Å². The first-order valence-electron chi connectivity index (χ1n) is 5.54. The zero-order valence-electron chi connectivity index (χ0n) is 10.7. The molecule has 0 aliphatic carbocycles. The van der Waals surface area contributed by atoms with Gasteiger partial charge in [0.05, 0.1) is 14.2 Å². The van der Waals surface area contributed by atoms with E-state index in [2.05, 4.69) is 10.6 Å². The highest BCUT2D eigenvalue weighted by Crippen LogP contribution is 2.32. The Morgan fingerprint density at radius 3 is 2.39 bits per heavy atom.